The number of hydrogen-bond acceptors (Lipinski definition) is 1. The van der Waals surface area contributed by atoms with E-state index >= 15 is 0 Å². The first-order valence-electron chi connectivity index (χ1n) is 5.84. The Hall–Kier alpha value is -2.02. The van der Waals surface area contributed by atoms with E-state index in [0.29, 0.717) is 6.61 Å². The molecule has 3 rings (SSSR count). The molecular weight excluding hydrogens is 208 g/mol. The van der Waals surface area contributed by atoms with Gasteiger partial charge in [-0.15, -0.1) is 0 Å². The SMILES string of the molecule is CCOc1c2cc[c]cc2cc2ccccc12. The van der Waals surface area contributed by atoms with Crippen LogP contribution in [0.25, 0.3) is 21.5 Å². The first-order valence-corrected chi connectivity index (χ1v) is 5.84. The van der Waals surface area contributed by atoms with Gasteiger partial charge in [-0.05, 0) is 35.9 Å². The molecule has 0 aromatic heterocycles. The lowest BCUT2D eigenvalue weighted by atomic mass is 10.0. The molecular formula is C16H13O. The molecule has 0 bridgehead atoms. The van der Waals surface area contributed by atoms with Gasteiger partial charge in [0, 0.05) is 10.8 Å². The lowest BCUT2D eigenvalue weighted by molar-refractivity contribution is 0.348. The van der Waals surface area contributed by atoms with E-state index in [0.717, 1.165) is 11.1 Å². The molecule has 83 valence electrons. The number of ether oxygens (including phenoxy) is 1. The molecule has 0 spiro atoms. The fourth-order valence-electron chi connectivity index (χ4n) is 2.21. The van der Waals surface area contributed by atoms with Crippen LogP contribution >= 0.6 is 0 Å². The summed E-state index contributed by atoms with van der Waals surface area (Å²) in [6, 6.07) is 19.6. The van der Waals surface area contributed by atoms with Gasteiger partial charge in [-0.1, -0.05) is 36.4 Å². The summed E-state index contributed by atoms with van der Waals surface area (Å²) in [6.45, 7) is 2.70. The number of benzene rings is 3. The van der Waals surface area contributed by atoms with Crippen molar-refractivity contribution in [3.8, 4) is 5.75 Å². The van der Waals surface area contributed by atoms with Crippen molar-refractivity contribution in [3.63, 3.8) is 0 Å². The fraction of sp³-hybridized carbons (Fsp3) is 0.125. The van der Waals surface area contributed by atoms with Crippen LogP contribution in [0.15, 0.2) is 48.5 Å². The monoisotopic (exact) mass is 221 g/mol. The minimum Gasteiger partial charge on any atom is -0.493 e. The van der Waals surface area contributed by atoms with Crippen molar-refractivity contribution in [2.75, 3.05) is 6.61 Å². The fourth-order valence-corrected chi connectivity index (χ4v) is 2.21. The van der Waals surface area contributed by atoms with Crippen molar-refractivity contribution in [1.82, 2.24) is 0 Å². The lowest BCUT2D eigenvalue weighted by Gasteiger charge is -2.11. The Morgan fingerprint density at radius 1 is 1.06 bits per heavy atom. The van der Waals surface area contributed by atoms with Crippen molar-refractivity contribution >= 4 is 21.5 Å². The third kappa shape index (κ3) is 1.64. The van der Waals surface area contributed by atoms with Crippen LogP contribution in [0.3, 0.4) is 0 Å². The second-order valence-corrected chi connectivity index (χ2v) is 4.01. The van der Waals surface area contributed by atoms with Crippen molar-refractivity contribution < 1.29 is 4.74 Å². The average Bonchev–Trinajstić information content (AvgIpc) is 2.39. The molecule has 1 radical (unpaired) electrons. The van der Waals surface area contributed by atoms with Gasteiger partial charge in [0.2, 0.25) is 0 Å². The maximum atomic E-state index is 5.82. The third-order valence-corrected chi connectivity index (χ3v) is 2.95. The smallest absolute Gasteiger partial charge is 0.134 e. The highest BCUT2D eigenvalue weighted by molar-refractivity contribution is 6.05. The van der Waals surface area contributed by atoms with Gasteiger partial charge in [-0.2, -0.15) is 0 Å². The van der Waals surface area contributed by atoms with Gasteiger partial charge < -0.3 is 4.74 Å². The molecule has 17 heavy (non-hydrogen) atoms. The highest BCUT2D eigenvalue weighted by Crippen LogP contribution is 2.34. The van der Waals surface area contributed by atoms with Crippen molar-refractivity contribution in [2.45, 2.75) is 6.92 Å². The van der Waals surface area contributed by atoms with E-state index in [-0.39, 0.29) is 0 Å². The Morgan fingerprint density at radius 3 is 2.76 bits per heavy atom. The second kappa shape index (κ2) is 4.10. The van der Waals surface area contributed by atoms with Crippen LogP contribution in [0, 0.1) is 6.07 Å². The Morgan fingerprint density at radius 2 is 1.88 bits per heavy atom. The highest BCUT2D eigenvalue weighted by Gasteiger charge is 2.07. The van der Waals surface area contributed by atoms with Crippen molar-refractivity contribution in [2.24, 2.45) is 0 Å². The van der Waals surface area contributed by atoms with E-state index in [1.165, 1.54) is 16.2 Å². The summed E-state index contributed by atoms with van der Waals surface area (Å²) in [4.78, 5) is 0. The Balaban J connectivity index is 2.47. The van der Waals surface area contributed by atoms with Gasteiger partial charge in [0.15, 0.2) is 0 Å². The van der Waals surface area contributed by atoms with Gasteiger partial charge in [0.1, 0.15) is 5.75 Å². The quantitative estimate of drug-likeness (QED) is 0.589. The Labute approximate surface area is 101 Å². The number of hydrogen-bond donors (Lipinski definition) is 0. The molecule has 0 saturated carbocycles. The topological polar surface area (TPSA) is 9.23 Å². The molecule has 3 aromatic carbocycles. The summed E-state index contributed by atoms with van der Waals surface area (Å²) in [7, 11) is 0. The second-order valence-electron chi connectivity index (χ2n) is 4.01. The van der Waals surface area contributed by atoms with Gasteiger partial charge >= 0.3 is 0 Å². The predicted molar refractivity (Wildman–Crippen MR) is 71.5 cm³/mol. The maximum Gasteiger partial charge on any atom is 0.134 e. The largest absolute Gasteiger partial charge is 0.493 e. The van der Waals surface area contributed by atoms with Gasteiger partial charge in [-0.3, -0.25) is 0 Å². The molecule has 0 heterocycles. The summed E-state index contributed by atoms with van der Waals surface area (Å²) in [5.41, 5.74) is 0. The molecule has 1 heteroatoms. The maximum absolute atomic E-state index is 5.82. The lowest BCUT2D eigenvalue weighted by Crippen LogP contribution is -1.93. The molecule has 0 fully saturated rings. The van der Waals surface area contributed by atoms with Gasteiger partial charge in [-0.25, -0.2) is 0 Å². The Bertz CT molecular complexity index is 616. The van der Waals surface area contributed by atoms with E-state index in [9.17, 15) is 0 Å². The van der Waals surface area contributed by atoms with E-state index in [1.807, 2.05) is 25.1 Å². The van der Waals surface area contributed by atoms with Crippen LogP contribution in [0.5, 0.6) is 5.75 Å². The number of rotatable bonds is 2. The van der Waals surface area contributed by atoms with E-state index in [4.69, 9.17) is 4.74 Å². The van der Waals surface area contributed by atoms with E-state index in [2.05, 4.69) is 36.4 Å². The van der Waals surface area contributed by atoms with Crippen LogP contribution in [0.2, 0.25) is 0 Å². The normalized spacial score (nSPS) is 10.9. The summed E-state index contributed by atoms with van der Waals surface area (Å²) in [6.07, 6.45) is 0. The molecule has 3 aromatic rings. The zero-order chi connectivity index (χ0) is 11.7. The predicted octanol–water partition coefficient (Wildman–Crippen LogP) is 4.19. The summed E-state index contributed by atoms with van der Waals surface area (Å²) in [5.74, 6) is 0.981. The van der Waals surface area contributed by atoms with Crippen molar-refractivity contribution in [3.05, 3.63) is 54.6 Å². The van der Waals surface area contributed by atoms with Crippen LogP contribution in [-0.2, 0) is 0 Å². The molecule has 0 atom stereocenters. The molecule has 0 saturated heterocycles. The number of fused-ring (bicyclic) bond motifs is 2. The third-order valence-electron chi connectivity index (χ3n) is 2.95. The van der Waals surface area contributed by atoms with Crippen LogP contribution < -0.4 is 4.74 Å². The molecule has 1 nitrogen and oxygen atoms in total. The zero-order valence-corrected chi connectivity index (χ0v) is 9.73. The summed E-state index contributed by atoms with van der Waals surface area (Å²) < 4.78 is 5.82. The van der Waals surface area contributed by atoms with Crippen LogP contribution in [-0.4, -0.2) is 6.61 Å². The van der Waals surface area contributed by atoms with Crippen LogP contribution in [0.4, 0.5) is 0 Å². The molecule has 0 aliphatic heterocycles. The summed E-state index contributed by atoms with van der Waals surface area (Å²) >= 11 is 0. The summed E-state index contributed by atoms with van der Waals surface area (Å²) in [5, 5.41) is 4.72. The molecule has 0 aliphatic carbocycles. The standard InChI is InChI=1S/C16H13O/c1-2-17-16-14-9-5-3-7-12(14)11-13-8-4-6-10-15(13)16/h3,5-11H,2H2,1H3. The Kier molecular flexibility index (Phi) is 2.45. The van der Waals surface area contributed by atoms with Crippen LogP contribution in [0.1, 0.15) is 6.92 Å². The first kappa shape index (κ1) is 10.2. The average molecular weight is 221 g/mol. The minimum atomic E-state index is 0.682. The van der Waals surface area contributed by atoms with Gasteiger partial charge in [0.05, 0.1) is 6.61 Å². The highest BCUT2D eigenvalue weighted by atomic mass is 16.5. The first-order chi connectivity index (χ1) is 8.40. The van der Waals surface area contributed by atoms with Gasteiger partial charge in [0.25, 0.3) is 0 Å². The zero-order valence-electron chi connectivity index (χ0n) is 9.73. The molecule has 0 aliphatic rings. The molecule has 0 unspecified atom stereocenters. The molecule has 0 amide bonds. The minimum absolute atomic E-state index is 0.682. The van der Waals surface area contributed by atoms with E-state index < -0.39 is 0 Å². The van der Waals surface area contributed by atoms with Crippen molar-refractivity contribution in [1.29, 1.82) is 0 Å². The van der Waals surface area contributed by atoms with E-state index in [1.54, 1.807) is 0 Å². The molecule has 0 N–H and O–H groups in total.